The van der Waals surface area contributed by atoms with Gasteiger partial charge in [0.25, 0.3) is 15.7 Å². The molecular weight excluding hydrogens is 407 g/mol. The zero-order valence-corrected chi connectivity index (χ0v) is 16.3. The number of alkyl halides is 3. The fourth-order valence-corrected chi connectivity index (χ4v) is 4.09. The third-order valence-electron chi connectivity index (χ3n) is 4.73. The average Bonchev–Trinajstić information content (AvgIpc) is 3.19. The number of nitrogens with zero attached hydrogens (tertiary/aromatic N) is 2. The van der Waals surface area contributed by atoms with E-state index in [0.29, 0.717) is 6.54 Å². The van der Waals surface area contributed by atoms with Gasteiger partial charge in [0.05, 0.1) is 5.56 Å². The number of nitrogens with one attached hydrogen (secondary N) is 1. The minimum Gasteiger partial charge on any atom is -0.348 e. The maximum Gasteiger partial charge on any atom is 0.503 e. The van der Waals surface area contributed by atoms with Crippen LogP contribution in [0.3, 0.4) is 0 Å². The molecular formula is C19H20F3N3O3S. The molecule has 1 aliphatic rings. The van der Waals surface area contributed by atoms with Crippen LogP contribution in [0, 0.1) is 0 Å². The monoisotopic (exact) mass is 427 g/mol. The molecule has 10 heteroatoms. The van der Waals surface area contributed by atoms with E-state index in [1.54, 1.807) is 6.07 Å². The second kappa shape index (κ2) is 8.50. The van der Waals surface area contributed by atoms with E-state index in [-0.39, 0.29) is 6.54 Å². The molecule has 1 aromatic carbocycles. The van der Waals surface area contributed by atoms with Crippen LogP contribution >= 0.6 is 0 Å². The van der Waals surface area contributed by atoms with Crippen molar-refractivity contribution in [3.8, 4) is 0 Å². The van der Waals surface area contributed by atoms with Crippen LogP contribution in [0.1, 0.15) is 34.3 Å². The number of sulfone groups is 1. The lowest BCUT2D eigenvalue weighted by atomic mass is 10.1. The molecule has 1 aromatic heterocycles. The first kappa shape index (κ1) is 21.3. The van der Waals surface area contributed by atoms with E-state index in [0.717, 1.165) is 49.3 Å². The van der Waals surface area contributed by atoms with E-state index in [1.165, 1.54) is 6.07 Å². The van der Waals surface area contributed by atoms with Crippen LogP contribution in [0.15, 0.2) is 47.6 Å². The normalized spacial score (nSPS) is 15.4. The van der Waals surface area contributed by atoms with Gasteiger partial charge in [0, 0.05) is 19.3 Å². The van der Waals surface area contributed by atoms with Crippen molar-refractivity contribution in [2.45, 2.75) is 36.5 Å². The highest BCUT2D eigenvalue weighted by molar-refractivity contribution is 7.92. The number of pyridine rings is 1. The number of carbonyl (C=O) groups excluding carboxylic acids is 1. The fraction of sp³-hybridized carbons (Fsp3) is 0.368. The fourth-order valence-electron chi connectivity index (χ4n) is 3.22. The molecule has 1 saturated heterocycles. The number of rotatable bonds is 6. The van der Waals surface area contributed by atoms with Crippen molar-refractivity contribution in [3.63, 3.8) is 0 Å². The van der Waals surface area contributed by atoms with Crippen molar-refractivity contribution in [3.05, 3.63) is 59.3 Å². The van der Waals surface area contributed by atoms with Crippen LogP contribution in [0.2, 0.25) is 0 Å². The number of carbonyl (C=O) groups is 1. The number of hydrogen-bond acceptors (Lipinski definition) is 5. The van der Waals surface area contributed by atoms with E-state index in [9.17, 15) is 26.4 Å². The molecule has 0 aliphatic carbocycles. The number of aromatic nitrogens is 1. The standard InChI is InChI=1S/C19H20F3N3O3S/c20-19(21,22)29(27,28)18-16(8-5-9-23-18)17(26)24-12-14-6-1-2-7-15(14)13-25-10-3-4-11-25/h1-2,5-9H,3-4,10-13H2,(H,24,26). The van der Waals surface area contributed by atoms with Crippen LogP contribution in [-0.4, -0.2) is 42.8 Å². The summed E-state index contributed by atoms with van der Waals surface area (Å²) in [4.78, 5) is 18.1. The van der Waals surface area contributed by atoms with Crippen LogP contribution in [0.25, 0.3) is 0 Å². The van der Waals surface area contributed by atoms with Gasteiger partial charge in [-0.2, -0.15) is 13.2 Å². The van der Waals surface area contributed by atoms with Crippen LogP contribution in [0.5, 0.6) is 0 Å². The Morgan fingerprint density at radius 2 is 1.72 bits per heavy atom. The quantitative estimate of drug-likeness (QED) is 0.767. The van der Waals surface area contributed by atoms with Crippen LogP contribution in [-0.2, 0) is 22.9 Å². The van der Waals surface area contributed by atoms with E-state index >= 15 is 0 Å². The van der Waals surface area contributed by atoms with Gasteiger partial charge < -0.3 is 5.32 Å². The Hall–Kier alpha value is -2.46. The van der Waals surface area contributed by atoms with E-state index in [1.807, 2.05) is 18.2 Å². The molecule has 1 aliphatic heterocycles. The zero-order valence-electron chi connectivity index (χ0n) is 15.4. The van der Waals surface area contributed by atoms with Crippen molar-refractivity contribution in [2.75, 3.05) is 13.1 Å². The number of amides is 1. The van der Waals surface area contributed by atoms with Crippen molar-refractivity contribution in [1.29, 1.82) is 0 Å². The third-order valence-corrected chi connectivity index (χ3v) is 6.17. The summed E-state index contributed by atoms with van der Waals surface area (Å²) < 4.78 is 62.1. The Balaban J connectivity index is 1.78. The van der Waals surface area contributed by atoms with Crippen LogP contribution in [0.4, 0.5) is 13.2 Å². The van der Waals surface area contributed by atoms with Gasteiger partial charge in [0.15, 0.2) is 5.03 Å². The molecule has 3 rings (SSSR count). The predicted molar refractivity (Wildman–Crippen MR) is 99.6 cm³/mol. The summed E-state index contributed by atoms with van der Waals surface area (Å²) in [5, 5.41) is 1.22. The van der Waals surface area contributed by atoms with Gasteiger partial charge in [-0.15, -0.1) is 0 Å². The first-order valence-corrected chi connectivity index (χ1v) is 10.5. The van der Waals surface area contributed by atoms with E-state index < -0.39 is 31.8 Å². The molecule has 0 spiro atoms. The van der Waals surface area contributed by atoms with Gasteiger partial charge in [-0.25, -0.2) is 13.4 Å². The molecule has 0 atom stereocenters. The Bertz CT molecular complexity index is 987. The summed E-state index contributed by atoms with van der Waals surface area (Å²) in [6.07, 6.45) is 3.17. The number of benzene rings is 1. The Labute approximate surface area is 166 Å². The molecule has 156 valence electrons. The molecule has 29 heavy (non-hydrogen) atoms. The van der Waals surface area contributed by atoms with Crippen LogP contribution < -0.4 is 5.32 Å². The molecule has 2 heterocycles. The lowest BCUT2D eigenvalue weighted by Crippen LogP contribution is -2.30. The van der Waals surface area contributed by atoms with Crippen molar-refractivity contribution in [1.82, 2.24) is 15.2 Å². The van der Waals surface area contributed by atoms with Crippen molar-refractivity contribution >= 4 is 15.7 Å². The molecule has 1 fully saturated rings. The average molecular weight is 427 g/mol. The summed E-state index contributed by atoms with van der Waals surface area (Å²) in [6.45, 7) is 2.76. The SMILES string of the molecule is O=C(NCc1ccccc1CN1CCCC1)c1cccnc1S(=O)(=O)C(F)(F)F. The largest absolute Gasteiger partial charge is 0.503 e. The minimum absolute atomic E-state index is 0.0588. The lowest BCUT2D eigenvalue weighted by Gasteiger charge is -2.18. The zero-order chi connectivity index (χ0) is 21.1. The summed E-state index contributed by atoms with van der Waals surface area (Å²) in [7, 11) is -5.74. The Morgan fingerprint density at radius 3 is 2.38 bits per heavy atom. The highest BCUT2D eigenvalue weighted by Gasteiger charge is 2.49. The maximum atomic E-state index is 12.9. The Morgan fingerprint density at radius 1 is 1.07 bits per heavy atom. The number of halogens is 3. The van der Waals surface area contributed by atoms with Gasteiger partial charge in [-0.1, -0.05) is 24.3 Å². The van der Waals surface area contributed by atoms with E-state index in [2.05, 4.69) is 15.2 Å². The maximum absolute atomic E-state index is 12.9. The van der Waals surface area contributed by atoms with Gasteiger partial charge in [0.1, 0.15) is 0 Å². The third kappa shape index (κ3) is 4.76. The number of likely N-dealkylation sites (tertiary alicyclic amines) is 1. The van der Waals surface area contributed by atoms with Crippen molar-refractivity contribution < 1.29 is 26.4 Å². The predicted octanol–water partition coefficient (Wildman–Crippen LogP) is 2.90. The summed E-state index contributed by atoms with van der Waals surface area (Å²) in [5.74, 6) is -0.933. The summed E-state index contributed by atoms with van der Waals surface area (Å²) in [6, 6.07) is 9.67. The molecule has 2 aromatic rings. The number of hydrogen-bond donors (Lipinski definition) is 1. The van der Waals surface area contributed by atoms with Gasteiger partial charge >= 0.3 is 5.51 Å². The molecule has 0 saturated carbocycles. The molecule has 0 radical (unpaired) electrons. The van der Waals surface area contributed by atoms with E-state index in [4.69, 9.17) is 0 Å². The molecule has 1 N–H and O–H groups in total. The highest BCUT2D eigenvalue weighted by atomic mass is 32.2. The summed E-state index contributed by atoms with van der Waals surface area (Å²) >= 11 is 0. The first-order valence-electron chi connectivity index (χ1n) is 9.04. The second-order valence-electron chi connectivity index (χ2n) is 6.74. The smallest absolute Gasteiger partial charge is 0.348 e. The molecule has 0 unspecified atom stereocenters. The molecule has 0 bridgehead atoms. The Kier molecular flexibility index (Phi) is 6.23. The van der Waals surface area contributed by atoms with Gasteiger partial charge in [0.2, 0.25) is 0 Å². The molecule has 1 amide bonds. The lowest BCUT2D eigenvalue weighted by molar-refractivity contribution is -0.0438. The van der Waals surface area contributed by atoms with Gasteiger partial charge in [-0.3, -0.25) is 9.69 Å². The van der Waals surface area contributed by atoms with Gasteiger partial charge in [-0.05, 0) is 49.2 Å². The highest BCUT2D eigenvalue weighted by Crippen LogP contribution is 2.30. The topological polar surface area (TPSA) is 79.4 Å². The van der Waals surface area contributed by atoms with Crippen molar-refractivity contribution in [2.24, 2.45) is 0 Å². The minimum atomic E-state index is -5.74. The second-order valence-corrected chi connectivity index (χ2v) is 8.60. The molecule has 6 nitrogen and oxygen atoms in total. The first-order chi connectivity index (χ1) is 13.7. The summed E-state index contributed by atoms with van der Waals surface area (Å²) in [5.41, 5.74) is -4.36.